The predicted octanol–water partition coefficient (Wildman–Crippen LogP) is 1.65. The average Bonchev–Trinajstić information content (AvgIpc) is 2.58. The summed E-state index contributed by atoms with van der Waals surface area (Å²) in [4.78, 5) is 0. The van der Waals surface area contributed by atoms with Crippen LogP contribution in [0.4, 0.5) is 0 Å². The number of halogens is 1. The topological polar surface area (TPSA) is 40.5 Å². The van der Waals surface area contributed by atoms with Crippen LogP contribution in [-0.2, 0) is 0 Å². The van der Waals surface area contributed by atoms with Gasteiger partial charge in [-0.2, -0.15) is 0 Å². The van der Waals surface area contributed by atoms with Gasteiger partial charge < -0.3 is 10.0 Å². The second-order valence-electron chi connectivity index (χ2n) is 3.12. The van der Waals surface area contributed by atoms with Crippen molar-refractivity contribution in [3.8, 4) is 0 Å². The second kappa shape index (κ2) is 3.66. The Morgan fingerprint density at radius 3 is 2.79 bits per heavy atom. The molecule has 1 aromatic carbocycles. The Morgan fingerprint density at radius 2 is 2.14 bits per heavy atom. The molecule has 0 saturated heterocycles. The summed E-state index contributed by atoms with van der Waals surface area (Å²) in [5, 5.41) is 21.4. The normalized spacial score (nSPS) is 10.9. The molecule has 0 fully saturated rings. The first-order valence-electron chi connectivity index (χ1n) is 4.13. The zero-order valence-electron chi connectivity index (χ0n) is 7.49. The molecule has 0 atom stereocenters. The van der Waals surface area contributed by atoms with Crippen LogP contribution >= 0.6 is 27.3 Å². The van der Waals surface area contributed by atoms with Crippen molar-refractivity contribution in [2.75, 3.05) is 0 Å². The van der Waals surface area contributed by atoms with Crippen molar-refractivity contribution in [3.05, 3.63) is 27.5 Å². The predicted molar refractivity (Wildman–Crippen MR) is 64.1 cm³/mol. The molecule has 1 aromatic heterocycles. The first-order chi connectivity index (χ1) is 6.61. The summed E-state index contributed by atoms with van der Waals surface area (Å²) < 4.78 is 2.10. The van der Waals surface area contributed by atoms with Crippen molar-refractivity contribution >= 4 is 49.9 Å². The van der Waals surface area contributed by atoms with Crippen molar-refractivity contribution in [1.29, 1.82) is 0 Å². The molecular formula is C9H8BBrO2S. The molecule has 0 unspecified atom stereocenters. The molecule has 0 aliphatic rings. The van der Waals surface area contributed by atoms with E-state index in [1.54, 1.807) is 11.3 Å². The van der Waals surface area contributed by atoms with Gasteiger partial charge in [-0.15, -0.1) is 11.3 Å². The van der Waals surface area contributed by atoms with Crippen molar-refractivity contribution < 1.29 is 10.0 Å². The highest BCUT2D eigenvalue weighted by Gasteiger charge is 2.17. The Hall–Kier alpha value is -0.355. The lowest BCUT2D eigenvalue weighted by atomic mass is 9.77. The zero-order valence-corrected chi connectivity index (χ0v) is 9.89. The lowest BCUT2D eigenvalue weighted by Crippen LogP contribution is -2.32. The van der Waals surface area contributed by atoms with E-state index < -0.39 is 7.12 Å². The SMILES string of the molecule is Cc1c(B(O)O)cc2ccsc2c1Br. The van der Waals surface area contributed by atoms with Gasteiger partial charge in [0.15, 0.2) is 0 Å². The molecule has 0 radical (unpaired) electrons. The van der Waals surface area contributed by atoms with Gasteiger partial charge in [0.25, 0.3) is 0 Å². The van der Waals surface area contributed by atoms with Gasteiger partial charge in [-0.05, 0) is 50.7 Å². The Kier molecular flexibility index (Phi) is 2.66. The molecule has 2 N–H and O–H groups in total. The van der Waals surface area contributed by atoms with Gasteiger partial charge in [0.2, 0.25) is 0 Å². The largest absolute Gasteiger partial charge is 0.488 e. The second-order valence-corrected chi connectivity index (χ2v) is 4.83. The van der Waals surface area contributed by atoms with E-state index in [0.717, 1.165) is 20.1 Å². The van der Waals surface area contributed by atoms with Crippen molar-refractivity contribution in [1.82, 2.24) is 0 Å². The molecule has 2 rings (SSSR count). The van der Waals surface area contributed by atoms with Crippen LogP contribution in [0.3, 0.4) is 0 Å². The fourth-order valence-corrected chi connectivity index (χ4v) is 3.06. The first kappa shape index (κ1) is 10.2. The lowest BCUT2D eigenvalue weighted by molar-refractivity contribution is 0.425. The number of thiophene rings is 1. The number of rotatable bonds is 1. The van der Waals surface area contributed by atoms with E-state index >= 15 is 0 Å². The third-order valence-corrected chi connectivity index (χ3v) is 4.45. The van der Waals surface area contributed by atoms with Crippen LogP contribution < -0.4 is 5.46 Å². The van der Waals surface area contributed by atoms with E-state index in [9.17, 15) is 0 Å². The smallest absolute Gasteiger partial charge is 0.423 e. The first-order valence-corrected chi connectivity index (χ1v) is 5.81. The molecule has 14 heavy (non-hydrogen) atoms. The number of benzene rings is 1. The minimum Gasteiger partial charge on any atom is -0.423 e. The van der Waals surface area contributed by atoms with E-state index in [2.05, 4.69) is 15.9 Å². The highest BCUT2D eigenvalue weighted by atomic mass is 79.9. The summed E-state index contributed by atoms with van der Waals surface area (Å²) >= 11 is 5.11. The van der Waals surface area contributed by atoms with Crippen LogP contribution in [0, 0.1) is 6.92 Å². The van der Waals surface area contributed by atoms with Crippen LogP contribution in [0.15, 0.2) is 22.0 Å². The summed E-state index contributed by atoms with van der Waals surface area (Å²) in [6, 6.07) is 3.78. The van der Waals surface area contributed by atoms with Gasteiger partial charge >= 0.3 is 7.12 Å². The molecule has 72 valence electrons. The van der Waals surface area contributed by atoms with Crippen molar-refractivity contribution in [2.24, 2.45) is 0 Å². The quantitative estimate of drug-likeness (QED) is 0.774. The molecule has 0 aliphatic carbocycles. The molecule has 0 saturated carbocycles. The van der Waals surface area contributed by atoms with E-state index in [4.69, 9.17) is 10.0 Å². The highest BCUT2D eigenvalue weighted by Crippen LogP contribution is 2.30. The summed E-state index contributed by atoms with van der Waals surface area (Å²) in [5.41, 5.74) is 1.44. The Balaban J connectivity index is 2.80. The monoisotopic (exact) mass is 270 g/mol. The molecule has 0 spiro atoms. The molecule has 0 aliphatic heterocycles. The van der Waals surface area contributed by atoms with E-state index in [-0.39, 0.29) is 0 Å². The van der Waals surface area contributed by atoms with Gasteiger partial charge in [0, 0.05) is 9.17 Å². The summed E-state index contributed by atoms with van der Waals surface area (Å²) in [5.74, 6) is 0. The maximum absolute atomic E-state index is 9.16. The molecule has 5 heteroatoms. The Bertz CT molecular complexity index is 481. The fraction of sp³-hybridized carbons (Fsp3) is 0.111. The van der Waals surface area contributed by atoms with E-state index in [1.807, 2.05) is 24.4 Å². The van der Waals surface area contributed by atoms with Gasteiger partial charge in [-0.1, -0.05) is 6.07 Å². The number of hydrogen-bond acceptors (Lipinski definition) is 3. The summed E-state index contributed by atoms with van der Waals surface area (Å²) in [7, 11) is -1.41. The molecule has 0 bridgehead atoms. The third-order valence-electron chi connectivity index (χ3n) is 2.25. The third kappa shape index (κ3) is 1.50. The number of fused-ring (bicyclic) bond motifs is 1. The molecule has 2 aromatic rings. The average molecular weight is 271 g/mol. The van der Waals surface area contributed by atoms with Crippen LogP contribution in [0.2, 0.25) is 0 Å². The summed E-state index contributed by atoms with van der Waals surface area (Å²) in [6.07, 6.45) is 0. The van der Waals surface area contributed by atoms with Gasteiger partial charge in [0.1, 0.15) is 0 Å². The molecule has 2 nitrogen and oxygen atoms in total. The minimum atomic E-state index is -1.41. The lowest BCUT2D eigenvalue weighted by Gasteiger charge is -2.07. The Labute approximate surface area is 94.5 Å². The van der Waals surface area contributed by atoms with Crippen molar-refractivity contribution in [2.45, 2.75) is 6.92 Å². The van der Waals surface area contributed by atoms with Gasteiger partial charge in [-0.25, -0.2) is 0 Å². The van der Waals surface area contributed by atoms with E-state index in [1.165, 1.54) is 0 Å². The molecule has 0 amide bonds. The van der Waals surface area contributed by atoms with Crippen LogP contribution in [0.5, 0.6) is 0 Å². The van der Waals surface area contributed by atoms with Gasteiger partial charge in [0.05, 0.1) is 0 Å². The minimum absolute atomic E-state index is 0.558. The summed E-state index contributed by atoms with van der Waals surface area (Å²) in [6.45, 7) is 1.87. The van der Waals surface area contributed by atoms with E-state index in [0.29, 0.717) is 5.46 Å². The van der Waals surface area contributed by atoms with Crippen LogP contribution in [0.1, 0.15) is 5.56 Å². The van der Waals surface area contributed by atoms with Crippen molar-refractivity contribution in [3.63, 3.8) is 0 Å². The standard InChI is InChI=1S/C9H8BBrO2S/c1-5-7(10(12)13)4-6-2-3-14-9(6)8(5)11/h2-4,12-13H,1H3. The van der Waals surface area contributed by atoms with Gasteiger partial charge in [-0.3, -0.25) is 0 Å². The van der Waals surface area contributed by atoms with Crippen LogP contribution in [0.25, 0.3) is 10.1 Å². The molecule has 1 heterocycles. The maximum atomic E-state index is 9.16. The maximum Gasteiger partial charge on any atom is 0.488 e. The number of hydrogen-bond donors (Lipinski definition) is 2. The highest BCUT2D eigenvalue weighted by molar-refractivity contribution is 9.10. The molecular weight excluding hydrogens is 263 g/mol. The fourth-order valence-electron chi connectivity index (χ4n) is 1.45. The van der Waals surface area contributed by atoms with Crippen LogP contribution in [-0.4, -0.2) is 17.2 Å². The zero-order chi connectivity index (χ0) is 10.3. The Morgan fingerprint density at radius 1 is 1.43 bits per heavy atom.